The highest BCUT2D eigenvalue weighted by atomic mass is 32.2. The minimum Gasteiger partial charge on any atom is -0.282 e. The third-order valence-electron chi connectivity index (χ3n) is 3.60. The van der Waals surface area contributed by atoms with Crippen molar-refractivity contribution in [1.29, 1.82) is 0 Å². The Bertz CT molecular complexity index is 271. The number of piperidine rings is 1. The summed E-state index contributed by atoms with van der Waals surface area (Å²) in [5.74, 6) is 0.985. The summed E-state index contributed by atoms with van der Waals surface area (Å²) in [7, 11) is 0. The summed E-state index contributed by atoms with van der Waals surface area (Å²) in [5.41, 5.74) is 0. The number of carbonyl (C=O) groups excluding carboxylic acids is 2. The van der Waals surface area contributed by atoms with E-state index >= 15 is 0 Å². The van der Waals surface area contributed by atoms with Gasteiger partial charge in [-0.3, -0.25) is 14.5 Å². The molecule has 0 aromatic rings. The average Bonchev–Trinajstić information content (AvgIpc) is 2.34. The molecule has 1 saturated carbocycles. The molecule has 0 bridgehead atoms. The van der Waals surface area contributed by atoms with Crippen LogP contribution in [0, 0.1) is 0 Å². The van der Waals surface area contributed by atoms with Crippen LogP contribution in [0.4, 0.5) is 0 Å². The highest BCUT2D eigenvalue weighted by Gasteiger charge is 2.25. The topological polar surface area (TPSA) is 37.4 Å². The predicted molar refractivity (Wildman–Crippen MR) is 69.9 cm³/mol. The zero-order valence-electron chi connectivity index (χ0n) is 10.3. The number of rotatable bonds is 4. The molecule has 0 spiro atoms. The molecule has 0 atom stereocenters. The van der Waals surface area contributed by atoms with E-state index in [9.17, 15) is 9.59 Å². The van der Waals surface area contributed by atoms with E-state index in [1.807, 2.05) is 11.8 Å². The number of hydrogen-bond donors (Lipinski definition) is 0. The van der Waals surface area contributed by atoms with Gasteiger partial charge in [-0.05, 0) is 19.3 Å². The zero-order chi connectivity index (χ0) is 12.1. The molecule has 2 amide bonds. The Morgan fingerprint density at radius 2 is 1.65 bits per heavy atom. The van der Waals surface area contributed by atoms with Crippen LogP contribution < -0.4 is 0 Å². The van der Waals surface area contributed by atoms with Gasteiger partial charge >= 0.3 is 0 Å². The van der Waals surface area contributed by atoms with Crippen LogP contribution in [-0.2, 0) is 9.59 Å². The molecular formula is C13H21NO2S. The second-order valence-electron chi connectivity index (χ2n) is 4.92. The smallest absolute Gasteiger partial charge is 0.229 e. The normalized spacial score (nSPS) is 23.2. The quantitative estimate of drug-likeness (QED) is 0.725. The number of nitrogens with zero attached hydrogens (tertiary/aromatic N) is 1. The lowest BCUT2D eigenvalue weighted by atomic mass is 10.0. The summed E-state index contributed by atoms with van der Waals surface area (Å²) in [5, 5.41) is 0.763. The number of thioether (sulfide) groups is 1. The molecule has 1 aliphatic heterocycles. The lowest BCUT2D eigenvalue weighted by Crippen LogP contribution is -2.41. The molecule has 1 aliphatic carbocycles. The second-order valence-corrected chi connectivity index (χ2v) is 6.33. The molecule has 0 unspecified atom stereocenters. The first kappa shape index (κ1) is 12.9. The van der Waals surface area contributed by atoms with E-state index in [0.29, 0.717) is 19.4 Å². The van der Waals surface area contributed by atoms with Gasteiger partial charge in [0.1, 0.15) is 0 Å². The van der Waals surface area contributed by atoms with Crippen LogP contribution >= 0.6 is 11.8 Å². The van der Waals surface area contributed by atoms with Gasteiger partial charge in [-0.2, -0.15) is 11.8 Å². The van der Waals surface area contributed by atoms with Crippen molar-refractivity contribution in [2.24, 2.45) is 0 Å². The first-order valence-corrected chi connectivity index (χ1v) is 7.77. The summed E-state index contributed by atoms with van der Waals surface area (Å²) < 4.78 is 0. The van der Waals surface area contributed by atoms with Gasteiger partial charge in [0.25, 0.3) is 0 Å². The van der Waals surface area contributed by atoms with Gasteiger partial charge in [-0.25, -0.2) is 0 Å². The minimum atomic E-state index is 0.0329. The van der Waals surface area contributed by atoms with E-state index < -0.39 is 0 Å². The van der Waals surface area contributed by atoms with E-state index in [0.717, 1.165) is 17.4 Å². The van der Waals surface area contributed by atoms with Crippen LogP contribution in [0.15, 0.2) is 0 Å². The van der Waals surface area contributed by atoms with Crippen molar-refractivity contribution in [1.82, 2.24) is 4.90 Å². The number of hydrogen-bond acceptors (Lipinski definition) is 3. The molecule has 0 aromatic carbocycles. The van der Waals surface area contributed by atoms with E-state index in [2.05, 4.69) is 0 Å². The van der Waals surface area contributed by atoms with Crippen molar-refractivity contribution < 1.29 is 9.59 Å². The summed E-state index contributed by atoms with van der Waals surface area (Å²) >= 11 is 1.95. The fraction of sp³-hybridized carbons (Fsp3) is 0.846. The number of imide groups is 1. The third kappa shape index (κ3) is 3.73. The van der Waals surface area contributed by atoms with Gasteiger partial charge in [0, 0.05) is 30.4 Å². The maximum Gasteiger partial charge on any atom is 0.229 e. The van der Waals surface area contributed by atoms with Crippen LogP contribution in [0.3, 0.4) is 0 Å². The molecular weight excluding hydrogens is 234 g/mol. The molecule has 96 valence electrons. The van der Waals surface area contributed by atoms with E-state index in [1.54, 1.807) is 0 Å². The van der Waals surface area contributed by atoms with Gasteiger partial charge in [0.15, 0.2) is 0 Å². The molecule has 0 N–H and O–H groups in total. The van der Waals surface area contributed by atoms with Crippen LogP contribution in [0.5, 0.6) is 0 Å². The maximum absolute atomic E-state index is 11.6. The van der Waals surface area contributed by atoms with Gasteiger partial charge < -0.3 is 0 Å². The second kappa shape index (κ2) is 6.43. The Morgan fingerprint density at radius 3 is 2.29 bits per heavy atom. The van der Waals surface area contributed by atoms with Crippen molar-refractivity contribution in [3.05, 3.63) is 0 Å². The van der Waals surface area contributed by atoms with Crippen molar-refractivity contribution in [3.63, 3.8) is 0 Å². The van der Waals surface area contributed by atoms with Crippen molar-refractivity contribution >= 4 is 23.6 Å². The van der Waals surface area contributed by atoms with Crippen LogP contribution in [-0.4, -0.2) is 34.3 Å². The molecule has 4 heteroatoms. The molecule has 17 heavy (non-hydrogen) atoms. The molecule has 1 heterocycles. The van der Waals surface area contributed by atoms with Crippen molar-refractivity contribution in [3.8, 4) is 0 Å². The molecule has 2 rings (SSSR count). The highest BCUT2D eigenvalue weighted by molar-refractivity contribution is 7.99. The van der Waals surface area contributed by atoms with Crippen LogP contribution in [0.2, 0.25) is 0 Å². The largest absolute Gasteiger partial charge is 0.282 e. The minimum absolute atomic E-state index is 0.0329. The first-order valence-electron chi connectivity index (χ1n) is 6.72. The molecule has 0 radical (unpaired) electrons. The Labute approximate surface area is 107 Å². The fourth-order valence-corrected chi connectivity index (χ4v) is 3.88. The van der Waals surface area contributed by atoms with Crippen LogP contribution in [0.25, 0.3) is 0 Å². The number of carbonyl (C=O) groups is 2. The van der Waals surface area contributed by atoms with E-state index in [-0.39, 0.29) is 11.8 Å². The summed E-state index contributed by atoms with van der Waals surface area (Å²) in [4.78, 5) is 24.6. The van der Waals surface area contributed by atoms with Gasteiger partial charge in [-0.1, -0.05) is 19.3 Å². The lowest BCUT2D eigenvalue weighted by Gasteiger charge is -2.26. The first-order chi connectivity index (χ1) is 8.27. The predicted octanol–water partition coefficient (Wildman–Crippen LogP) is 2.59. The molecule has 2 fully saturated rings. The third-order valence-corrected chi connectivity index (χ3v) is 4.97. The summed E-state index contributed by atoms with van der Waals surface area (Å²) in [6, 6.07) is 0. The van der Waals surface area contributed by atoms with Gasteiger partial charge in [0.2, 0.25) is 11.8 Å². The Balaban J connectivity index is 1.69. The summed E-state index contributed by atoms with van der Waals surface area (Å²) in [6.45, 7) is 0.624. The number of amides is 2. The lowest BCUT2D eigenvalue weighted by molar-refractivity contribution is -0.147. The highest BCUT2D eigenvalue weighted by Crippen LogP contribution is 2.28. The SMILES string of the molecule is O=C1CCCC(=O)N1CCSC1CCCCC1. The van der Waals surface area contributed by atoms with E-state index in [1.165, 1.54) is 37.0 Å². The standard InChI is InChI=1S/C13H21NO2S/c15-12-7-4-8-13(16)14(12)9-10-17-11-5-2-1-3-6-11/h11H,1-10H2. The maximum atomic E-state index is 11.6. The van der Waals surface area contributed by atoms with Crippen LogP contribution in [0.1, 0.15) is 51.4 Å². The van der Waals surface area contributed by atoms with Gasteiger partial charge in [0.05, 0.1) is 0 Å². The Morgan fingerprint density at radius 1 is 1.00 bits per heavy atom. The fourth-order valence-electron chi connectivity index (χ4n) is 2.59. The van der Waals surface area contributed by atoms with Crippen molar-refractivity contribution in [2.75, 3.05) is 12.3 Å². The monoisotopic (exact) mass is 255 g/mol. The average molecular weight is 255 g/mol. The Kier molecular flexibility index (Phi) is 4.89. The summed E-state index contributed by atoms with van der Waals surface area (Å²) in [6.07, 6.45) is 8.54. The van der Waals surface area contributed by atoms with E-state index in [4.69, 9.17) is 0 Å². The van der Waals surface area contributed by atoms with Crippen molar-refractivity contribution in [2.45, 2.75) is 56.6 Å². The molecule has 2 aliphatic rings. The zero-order valence-corrected chi connectivity index (χ0v) is 11.1. The molecule has 0 aromatic heterocycles. The van der Waals surface area contributed by atoms with Gasteiger partial charge in [-0.15, -0.1) is 0 Å². The Hall–Kier alpha value is -0.510. The molecule has 1 saturated heterocycles. The molecule has 3 nitrogen and oxygen atoms in total. The number of likely N-dealkylation sites (tertiary alicyclic amines) is 1.